The minimum atomic E-state index is 0.389. The van der Waals surface area contributed by atoms with Gasteiger partial charge in [0, 0.05) is 12.8 Å². The molecule has 21 heavy (non-hydrogen) atoms. The van der Waals surface area contributed by atoms with Crippen LogP contribution in [0.5, 0.6) is 5.75 Å². The van der Waals surface area contributed by atoms with Gasteiger partial charge in [0.25, 0.3) is 0 Å². The molecular formula is C19H30O2. The van der Waals surface area contributed by atoms with Crippen LogP contribution in [0.1, 0.15) is 70.9 Å². The summed E-state index contributed by atoms with van der Waals surface area (Å²) in [7, 11) is 0. The Labute approximate surface area is 129 Å². The van der Waals surface area contributed by atoms with Gasteiger partial charge < -0.3 is 4.74 Å². The maximum atomic E-state index is 11.7. The van der Waals surface area contributed by atoms with Crippen molar-refractivity contribution >= 4 is 5.78 Å². The summed E-state index contributed by atoms with van der Waals surface area (Å²) in [6, 6.07) is 6.46. The Kier molecular flexibility index (Phi) is 7.49. The number of carbonyl (C=O) groups excluding carboxylic acids is 1. The number of Topliss-reactive ketones (excluding diaryl/α,β-unsaturated/α-hetero) is 1. The number of hydrogen-bond acceptors (Lipinski definition) is 2. The Hall–Kier alpha value is -1.31. The van der Waals surface area contributed by atoms with E-state index in [0.717, 1.165) is 18.6 Å². The molecule has 0 aliphatic carbocycles. The normalized spacial score (nSPS) is 12.5. The van der Waals surface area contributed by atoms with E-state index >= 15 is 0 Å². The van der Waals surface area contributed by atoms with Gasteiger partial charge in [0.1, 0.15) is 11.5 Å². The molecule has 0 saturated carbocycles. The van der Waals surface area contributed by atoms with Crippen LogP contribution in [0, 0.1) is 5.92 Å². The average Bonchev–Trinajstić information content (AvgIpc) is 2.40. The molecule has 0 aliphatic heterocycles. The number of benzene rings is 1. The fraction of sp³-hybridized carbons (Fsp3) is 0.632. The second-order valence-electron chi connectivity index (χ2n) is 6.26. The smallest absolute Gasteiger partial charge is 0.133 e. The largest absolute Gasteiger partial charge is 0.494 e. The molecule has 0 aliphatic rings. The minimum Gasteiger partial charge on any atom is -0.494 e. The molecule has 1 rings (SSSR count). The fourth-order valence-corrected chi connectivity index (χ4v) is 2.71. The molecule has 2 nitrogen and oxygen atoms in total. The molecule has 118 valence electrons. The maximum absolute atomic E-state index is 11.7. The Morgan fingerprint density at radius 3 is 2.48 bits per heavy atom. The molecule has 0 fully saturated rings. The molecule has 0 amide bonds. The van der Waals surface area contributed by atoms with E-state index in [-0.39, 0.29) is 0 Å². The van der Waals surface area contributed by atoms with E-state index in [0.29, 0.717) is 37.1 Å². The van der Waals surface area contributed by atoms with Gasteiger partial charge in [-0.15, -0.1) is 0 Å². The van der Waals surface area contributed by atoms with Crippen LogP contribution in [0.2, 0.25) is 0 Å². The van der Waals surface area contributed by atoms with Crippen molar-refractivity contribution in [2.24, 2.45) is 5.92 Å². The highest BCUT2D eigenvalue weighted by molar-refractivity contribution is 5.78. The van der Waals surface area contributed by atoms with Crippen molar-refractivity contribution in [3.05, 3.63) is 29.3 Å². The second-order valence-corrected chi connectivity index (χ2v) is 6.26. The third kappa shape index (κ3) is 5.91. The number of rotatable bonds is 9. The summed E-state index contributed by atoms with van der Waals surface area (Å²) < 4.78 is 5.70. The molecule has 0 saturated heterocycles. The van der Waals surface area contributed by atoms with Gasteiger partial charge in [0.05, 0.1) is 6.61 Å². The molecule has 1 atom stereocenters. The molecule has 2 heteroatoms. The van der Waals surface area contributed by atoms with Gasteiger partial charge >= 0.3 is 0 Å². The summed E-state index contributed by atoms with van der Waals surface area (Å²) in [6.45, 7) is 11.3. The van der Waals surface area contributed by atoms with Crippen molar-refractivity contribution in [3.63, 3.8) is 0 Å². The van der Waals surface area contributed by atoms with Gasteiger partial charge in [-0.2, -0.15) is 0 Å². The Balaban J connectivity index is 2.75. The van der Waals surface area contributed by atoms with E-state index in [2.05, 4.69) is 45.9 Å². The lowest BCUT2D eigenvalue weighted by atomic mass is 9.92. The number of carbonyl (C=O) groups is 1. The molecule has 0 aromatic heterocycles. The Bertz CT molecular complexity index is 449. The molecule has 1 aromatic carbocycles. The summed E-state index contributed by atoms with van der Waals surface area (Å²) in [5.41, 5.74) is 2.57. The topological polar surface area (TPSA) is 26.3 Å². The highest BCUT2D eigenvalue weighted by atomic mass is 16.5. The highest BCUT2D eigenvalue weighted by Crippen LogP contribution is 2.28. The second kappa shape index (κ2) is 8.86. The van der Waals surface area contributed by atoms with E-state index in [1.165, 1.54) is 11.1 Å². The molecule has 1 unspecified atom stereocenters. The third-order valence-corrected chi connectivity index (χ3v) is 3.69. The number of ether oxygens (including phenoxy) is 1. The zero-order valence-corrected chi connectivity index (χ0v) is 14.2. The van der Waals surface area contributed by atoms with Crippen molar-refractivity contribution < 1.29 is 9.53 Å². The lowest BCUT2D eigenvalue weighted by Gasteiger charge is -2.16. The van der Waals surface area contributed by atoms with E-state index < -0.39 is 0 Å². The van der Waals surface area contributed by atoms with Gasteiger partial charge in [-0.05, 0) is 48.8 Å². The zero-order valence-electron chi connectivity index (χ0n) is 14.2. The summed E-state index contributed by atoms with van der Waals surface area (Å²) in [5, 5.41) is 0. The number of ketones is 1. The molecule has 0 spiro atoms. The minimum absolute atomic E-state index is 0.389. The summed E-state index contributed by atoms with van der Waals surface area (Å²) in [4.78, 5) is 11.7. The molecular weight excluding hydrogens is 260 g/mol. The van der Waals surface area contributed by atoms with Gasteiger partial charge in [0.15, 0.2) is 0 Å². The Morgan fingerprint density at radius 2 is 1.90 bits per heavy atom. The molecule has 0 bridgehead atoms. The van der Waals surface area contributed by atoms with E-state index in [1.807, 2.05) is 6.92 Å². The lowest BCUT2D eigenvalue weighted by Crippen LogP contribution is -2.08. The van der Waals surface area contributed by atoms with Gasteiger partial charge in [0.2, 0.25) is 0 Å². The fourth-order valence-electron chi connectivity index (χ4n) is 2.71. The predicted octanol–water partition coefficient (Wildman–Crippen LogP) is 5.15. The quantitative estimate of drug-likeness (QED) is 0.629. The lowest BCUT2D eigenvalue weighted by molar-refractivity contribution is -0.119. The average molecular weight is 290 g/mol. The summed E-state index contributed by atoms with van der Waals surface area (Å²) in [6.07, 6.45) is 3.32. The van der Waals surface area contributed by atoms with Crippen molar-refractivity contribution in [2.45, 2.75) is 66.2 Å². The first kappa shape index (κ1) is 17.7. The van der Waals surface area contributed by atoms with Crippen LogP contribution in [-0.4, -0.2) is 12.4 Å². The summed E-state index contributed by atoms with van der Waals surface area (Å²) in [5.74, 6) is 2.23. The molecule has 0 heterocycles. The van der Waals surface area contributed by atoms with Gasteiger partial charge in [-0.3, -0.25) is 4.79 Å². The van der Waals surface area contributed by atoms with Crippen LogP contribution < -0.4 is 4.74 Å². The van der Waals surface area contributed by atoms with Gasteiger partial charge in [-0.25, -0.2) is 0 Å². The first-order chi connectivity index (χ1) is 9.97. The molecule has 0 radical (unpaired) electrons. The van der Waals surface area contributed by atoms with Crippen LogP contribution in [-0.2, 0) is 11.2 Å². The van der Waals surface area contributed by atoms with E-state index in [1.54, 1.807) is 0 Å². The van der Waals surface area contributed by atoms with Crippen molar-refractivity contribution in [2.75, 3.05) is 6.61 Å². The first-order valence-corrected chi connectivity index (χ1v) is 8.25. The predicted molar refractivity (Wildman–Crippen MR) is 89.1 cm³/mol. The van der Waals surface area contributed by atoms with Crippen molar-refractivity contribution in [3.8, 4) is 5.75 Å². The SMILES string of the molecule is CCCC(=O)CC(C)Cc1ccc(OCC)c(C(C)C)c1. The van der Waals surface area contributed by atoms with Crippen molar-refractivity contribution in [1.82, 2.24) is 0 Å². The monoisotopic (exact) mass is 290 g/mol. The third-order valence-electron chi connectivity index (χ3n) is 3.69. The van der Waals surface area contributed by atoms with Crippen LogP contribution in [0.15, 0.2) is 18.2 Å². The van der Waals surface area contributed by atoms with E-state index in [4.69, 9.17) is 4.74 Å². The Morgan fingerprint density at radius 1 is 1.19 bits per heavy atom. The van der Waals surface area contributed by atoms with E-state index in [9.17, 15) is 4.79 Å². The first-order valence-electron chi connectivity index (χ1n) is 8.25. The zero-order chi connectivity index (χ0) is 15.8. The van der Waals surface area contributed by atoms with Crippen LogP contribution >= 0.6 is 0 Å². The van der Waals surface area contributed by atoms with Crippen LogP contribution in [0.25, 0.3) is 0 Å². The standard InChI is InChI=1S/C19H30O2/c1-6-8-17(20)12-15(5)11-16-9-10-19(21-7-2)18(13-16)14(3)4/h9-10,13-15H,6-8,11-12H2,1-5H3. The van der Waals surface area contributed by atoms with Crippen molar-refractivity contribution in [1.29, 1.82) is 0 Å². The van der Waals surface area contributed by atoms with Gasteiger partial charge in [-0.1, -0.05) is 39.8 Å². The maximum Gasteiger partial charge on any atom is 0.133 e. The molecule has 1 aromatic rings. The number of hydrogen-bond donors (Lipinski definition) is 0. The molecule has 0 N–H and O–H groups in total. The van der Waals surface area contributed by atoms with Crippen LogP contribution in [0.4, 0.5) is 0 Å². The van der Waals surface area contributed by atoms with Crippen LogP contribution in [0.3, 0.4) is 0 Å². The highest BCUT2D eigenvalue weighted by Gasteiger charge is 2.13. The summed E-state index contributed by atoms with van der Waals surface area (Å²) >= 11 is 0.